The first-order valence-electron chi connectivity index (χ1n) is 10.7. The summed E-state index contributed by atoms with van der Waals surface area (Å²) in [6, 6.07) is 11.9. The molecule has 0 amide bonds. The van der Waals surface area contributed by atoms with Gasteiger partial charge in [-0.05, 0) is 43.3 Å². The number of nitrogens with one attached hydrogen (secondary N) is 2. The third-order valence-corrected chi connectivity index (χ3v) is 5.86. The van der Waals surface area contributed by atoms with E-state index in [2.05, 4.69) is 31.7 Å². The molecular weight excluding hydrogens is 414 g/mol. The molecule has 9 heteroatoms. The largest absolute Gasteiger partial charge is 0.365 e. The highest BCUT2D eigenvalue weighted by atomic mass is 15.1. The first kappa shape index (κ1) is 19.3. The van der Waals surface area contributed by atoms with E-state index >= 15 is 0 Å². The minimum Gasteiger partial charge on any atom is -0.365 e. The van der Waals surface area contributed by atoms with Crippen molar-refractivity contribution in [3.63, 3.8) is 0 Å². The molecule has 1 aliphatic rings. The lowest BCUT2D eigenvalue weighted by molar-refractivity contribution is 0.789. The van der Waals surface area contributed by atoms with Crippen LogP contribution in [-0.4, -0.2) is 48.6 Å². The van der Waals surface area contributed by atoms with Gasteiger partial charge in [-0.1, -0.05) is 0 Å². The molecule has 1 atom stereocenters. The Morgan fingerprint density at radius 1 is 1.06 bits per heavy atom. The Hall–Kier alpha value is -4.42. The van der Waals surface area contributed by atoms with E-state index in [1.54, 1.807) is 30.9 Å². The van der Waals surface area contributed by atoms with Crippen molar-refractivity contribution in [3.8, 4) is 23.3 Å². The molecule has 6 heterocycles. The predicted octanol–water partition coefficient (Wildman–Crippen LogP) is 3.07. The Morgan fingerprint density at radius 2 is 2.00 bits per heavy atom. The zero-order valence-electron chi connectivity index (χ0n) is 17.6. The summed E-state index contributed by atoms with van der Waals surface area (Å²) in [5, 5.41) is 18.1. The van der Waals surface area contributed by atoms with Gasteiger partial charge in [-0.2, -0.15) is 5.26 Å². The summed E-state index contributed by atoms with van der Waals surface area (Å²) in [7, 11) is 0. The van der Waals surface area contributed by atoms with E-state index in [9.17, 15) is 5.26 Å². The fourth-order valence-electron chi connectivity index (χ4n) is 4.20. The normalized spacial score (nSPS) is 15.7. The average Bonchev–Trinajstić information content (AvgIpc) is 3.54. The van der Waals surface area contributed by atoms with Gasteiger partial charge >= 0.3 is 0 Å². The molecule has 1 saturated heterocycles. The van der Waals surface area contributed by atoms with Gasteiger partial charge in [0.1, 0.15) is 17.3 Å². The van der Waals surface area contributed by atoms with Crippen LogP contribution < -0.4 is 10.6 Å². The number of pyridine rings is 3. The third kappa shape index (κ3) is 3.43. The molecule has 2 N–H and O–H groups in total. The van der Waals surface area contributed by atoms with E-state index in [0.29, 0.717) is 28.9 Å². The molecule has 33 heavy (non-hydrogen) atoms. The maximum Gasteiger partial charge on any atom is 0.162 e. The zero-order valence-corrected chi connectivity index (χ0v) is 17.6. The Bertz CT molecular complexity index is 1530. The molecule has 5 aromatic rings. The number of anilines is 1. The molecule has 0 radical (unpaired) electrons. The fourth-order valence-corrected chi connectivity index (χ4v) is 4.20. The molecule has 0 aromatic carbocycles. The molecule has 0 bridgehead atoms. The lowest BCUT2D eigenvalue weighted by Crippen LogP contribution is -2.23. The van der Waals surface area contributed by atoms with Crippen LogP contribution in [0.1, 0.15) is 12.0 Å². The highest BCUT2D eigenvalue weighted by molar-refractivity contribution is 5.90. The maximum atomic E-state index is 9.39. The van der Waals surface area contributed by atoms with Gasteiger partial charge in [0.2, 0.25) is 0 Å². The summed E-state index contributed by atoms with van der Waals surface area (Å²) in [6.07, 6.45) is 9.80. The maximum absolute atomic E-state index is 9.39. The summed E-state index contributed by atoms with van der Waals surface area (Å²) in [6.45, 7) is 1.90. The van der Waals surface area contributed by atoms with Gasteiger partial charge in [0.05, 0.1) is 23.3 Å². The van der Waals surface area contributed by atoms with Gasteiger partial charge in [0, 0.05) is 53.7 Å². The summed E-state index contributed by atoms with van der Waals surface area (Å²) in [5.41, 5.74) is 2.87. The highest BCUT2D eigenvalue weighted by Gasteiger charge is 2.18. The molecule has 1 fully saturated rings. The van der Waals surface area contributed by atoms with Gasteiger partial charge in [-0.3, -0.25) is 9.55 Å². The molecule has 0 spiro atoms. The molecule has 9 nitrogen and oxygen atoms in total. The van der Waals surface area contributed by atoms with Crippen molar-refractivity contribution >= 4 is 27.8 Å². The van der Waals surface area contributed by atoms with Crippen molar-refractivity contribution in [3.05, 3.63) is 66.9 Å². The van der Waals surface area contributed by atoms with Crippen LogP contribution in [0.15, 0.2) is 61.3 Å². The number of nitrogens with zero attached hydrogens (tertiary/aromatic N) is 7. The van der Waals surface area contributed by atoms with E-state index in [1.807, 2.05) is 35.0 Å². The minimum absolute atomic E-state index is 0.323. The molecular formula is C24H19N9. The first-order chi connectivity index (χ1) is 16.3. The Morgan fingerprint density at radius 3 is 2.88 bits per heavy atom. The molecule has 0 unspecified atom stereocenters. The quantitative estimate of drug-likeness (QED) is 0.444. The second-order valence-corrected chi connectivity index (χ2v) is 7.92. The summed E-state index contributed by atoms with van der Waals surface area (Å²) in [5.74, 6) is 2.07. The number of hydrogen-bond acceptors (Lipinski definition) is 8. The number of rotatable bonds is 4. The molecule has 6 rings (SSSR count). The number of fused-ring (bicyclic) bond motifs is 2. The number of aromatic nitrogens is 6. The van der Waals surface area contributed by atoms with Crippen LogP contribution in [0.2, 0.25) is 0 Å². The third-order valence-electron chi connectivity index (χ3n) is 5.86. The van der Waals surface area contributed by atoms with Gasteiger partial charge in [0.15, 0.2) is 5.82 Å². The van der Waals surface area contributed by atoms with Crippen molar-refractivity contribution in [2.24, 2.45) is 0 Å². The Balaban J connectivity index is 1.45. The molecule has 160 valence electrons. The molecule has 0 saturated carbocycles. The Labute approximate surface area is 189 Å². The molecule has 1 aliphatic heterocycles. The number of nitriles is 1. The fraction of sp³-hybridized carbons (Fsp3) is 0.167. The van der Waals surface area contributed by atoms with Crippen LogP contribution in [0, 0.1) is 11.3 Å². The lowest BCUT2D eigenvalue weighted by Gasteiger charge is -2.15. The van der Waals surface area contributed by atoms with Crippen LogP contribution in [-0.2, 0) is 0 Å². The van der Waals surface area contributed by atoms with E-state index in [4.69, 9.17) is 9.97 Å². The smallest absolute Gasteiger partial charge is 0.162 e. The summed E-state index contributed by atoms with van der Waals surface area (Å²) >= 11 is 0. The van der Waals surface area contributed by atoms with Crippen LogP contribution in [0.5, 0.6) is 0 Å². The predicted molar refractivity (Wildman–Crippen MR) is 125 cm³/mol. The monoisotopic (exact) mass is 433 g/mol. The van der Waals surface area contributed by atoms with Gasteiger partial charge in [-0.25, -0.2) is 19.9 Å². The molecule has 0 aliphatic carbocycles. The van der Waals surface area contributed by atoms with E-state index in [-0.39, 0.29) is 0 Å². The van der Waals surface area contributed by atoms with Gasteiger partial charge in [-0.15, -0.1) is 0 Å². The highest BCUT2D eigenvalue weighted by Crippen LogP contribution is 2.27. The first-order valence-corrected chi connectivity index (χ1v) is 10.7. The van der Waals surface area contributed by atoms with E-state index < -0.39 is 0 Å². The van der Waals surface area contributed by atoms with Crippen molar-refractivity contribution in [1.82, 2.24) is 34.8 Å². The van der Waals surface area contributed by atoms with E-state index in [0.717, 1.165) is 47.2 Å². The van der Waals surface area contributed by atoms with Crippen LogP contribution >= 0.6 is 0 Å². The topological polar surface area (TPSA) is 117 Å². The SMILES string of the molecule is N#Cc1ccnc2c1ccn2-c1cc(-c2nc(N[C@@H]3CCNC3)c3ccncc3n2)ccn1. The average molecular weight is 433 g/mol. The zero-order chi connectivity index (χ0) is 22.2. The van der Waals surface area contributed by atoms with Crippen LogP contribution in [0.25, 0.3) is 39.1 Å². The van der Waals surface area contributed by atoms with Crippen molar-refractivity contribution in [2.45, 2.75) is 12.5 Å². The van der Waals surface area contributed by atoms with Crippen molar-refractivity contribution in [1.29, 1.82) is 5.26 Å². The minimum atomic E-state index is 0.323. The molecule has 5 aromatic heterocycles. The second kappa shape index (κ2) is 7.93. The van der Waals surface area contributed by atoms with Crippen molar-refractivity contribution < 1.29 is 0 Å². The van der Waals surface area contributed by atoms with Crippen LogP contribution in [0.4, 0.5) is 5.82 Å². The number of hydrogen-bond donors (Lipinski definition) is 2. The van der Waals surface area contributed by atoms with Gasteiger partial charge in [0.25, 0.3) is 0 Å². The second-order valence-electron chi connectivity index (χ2n) is 7.92. The van der Waals surface area contributed by atoms with E-state index in [1.165, 1.54) is 0 Å². The summed E-state index contributed by atoms with van der Waals surface area (Å²) in [4.78, 5) is 22.9. The van der Waals surface area contributed by atoms with Gasteiger partial charge < -0.3 is 10.6 Å². The van der Waals surface area contributed by atoms with Crippen LogP contribution in [0.3, 0.4) is 0 Å². The standard InChI is InChI=1S/C24H19N9/c25-12-16-2-9-29-24-18(16)5-10-33(24)21-11-15(1-8-28-21)22-31-20-14-27-7-4-19(20)23(32-22)30-17-3-6-26-13-17/h1-2,4-5,7-11,14,17,26H,3,6,13H2,(H,30,31,32)/t17-/m1/s1. The summed E-state index contributed by atoms with van der Waals surface area (Å²) < 4.78 is 1.87. The Kier molecular flexibility index (Phi) is 4.63. The van der Waals surface area contributed by atoms with Crippen molar-refractivity contribution in [2.75, 3.05) is 18.4 Å². The lowest BCUT2D eigenvalue weighted by atomic mass is 10.2.